The van der Waals surface area contributed by atoms with Gasteiger partial charge in [-0.25, -0.2) is 4.79 Å². The van der Waals surface area contributed by atoms with E-state index in [1.165, 1.54) is 6.42 Å². The zero-order valence-corrected chi connectivity index (χ0v) is 14.5. The van der Waals surface area contributed by atoms with Gasteiger partial charge in [0.25, 0.3) is 0 Å². The van der Waals surface area contributed by atoms with Gasteiger partial charge in [0.05, 0.1) is 6.61 Å². The molecule has 0 spiro atoms. The van der Waals surface area contributed by atoms with Gasteiger partial charge in [-0.2, -0.15) is 0 Å². The molecule has 5 nitrogen and oxygen atoms in total. The standard InChI is InChI=1S/C17H32N2O3/c1-12(13-9-10-21-11-13)18-14-5-7-15(8-6-14)19-16(20)22-17(2,3)4/h12-15,18H,5-11H2,1-4H3,(H,19,20). The molecule has 1 heterocycles. The summed E-state index contributed by atoms with van der Waals surface area (Å²) in [5.74, 6) is 0.651. The van der Waals surface area contributed by atoms with E-state index in [1.54, 1.807) is 0 Å². The summed E-state index contributed by atoms with van der Waals surface area (Å²) in [6.45, 7) is 9.74. The Morgan fingerprint density at radius 3 is 2.32 bits per heavy atom. The Balaban J connectivity index is 1.66. The summed E-state index contributed by atoms with van der Waals surface area (Å²) in [4.78, 5) is 11.8. The highest BCUT2D eigenvalue weighted by molar-refractivity contribution is 5.68. The Hall–Kier alpha value is -0.810. The van der Waals surface area contributed by atoms with E-state index < -0.39 is 5.60 Å². The molecule has 1 saturated heterocycles. The zero-order valence-electron chi connectivity index (χ0n) is 14.5. The summed E-state index contributed by atoms with van der Waals surface area (Å²) >= 11 is 0. The Labute approximate surface area is 134 Å². The highest BCUT2D eigenvalue weighted by Gasteiger charge is 2.28. The highest BCUT2D eigenvalue weighted by Crippen LogP contribution is 2.22. The number of amides is 1. The van der Waals surface area contributed by atoms with Gasteiger partial charge in [-0.15, -0.1) is 0 Å². The van der Waals surface area contributed by atoms with E-state index in [1.807, 2.05) is 20.8 Å². The second kappa shape index (κ2) is 7.64. The maximum atomic E-state index is 11.8. The fourth-order valence-electron chi connectivity index (χ4n) is 3.33. The quantitative estimate of drug-likeness (QED) is 0.838. The lowest BCUT2D eigenvalue weighted by Gasteiger charge is -2.33. The summed E-state index contributed by atoms with van der Waals surface area (Å²) in [6, 6.07) is 1.33. The van der Waals surface area contributed by atoms with Crippen LogP contribution in [0.15, 0.2) is 0 Å². The molecule has 2 aliphatic rings. The van der Waals surface area contributed by atoms with Gasteiger partial charge in [-0.1, -0.05) is 0 Å². The predicted octanol–water partition coefficient (Wildman–Crippen LogP) is 2.84. The summed E-state index contributed by atoms with van der Waals surface area (Å²) in [5, 5.41) is 6.74. The Morgan fingerprint density at radius 2 is 1.77 bits per heavy atom. The molecule has 5 heteroatoms. The molecule has 128 valence electrons. The van der Waals surface area contributed by atoms with E-state index >= 15 is 0 Å². The van der Waals surface area contributed by atoms with Gasteiger partial charge in [-0.3, -0.25) is 0 Å². The minimum absolute atomic E-state index is 0.248. The second-order valence-corrected chi connectivity index (χ2v) is 7.77. The van der Waals surface area contributed by atoms with Gasteiger partial charge in [0.1, 0.15) is 5.60 Å². The van der Waals surface area contributed by atoms with Crippen molar-refractivity contribution in [2.45, 2.75) is 83.5 Å². The number of carbonyl (C=O) groups excluding carboxylic acids is 1. The van der Waals surface area contributed by atoms with Crippen LogP contribution in [0.25, 0.3) is 0 Å². The summed E-state index contributed by atoms with van der Waals surface area (Å²) in [7, 11) is 0. The van der Waals surface area contributed by atoms with E-state index in [0.717, 1.165) is 38.9 Å². The second-order valence-electron chi connectivity index (χ2n) is 7.77. The van der Waals surface area contributed by atoms with E-state index in [2.05, 4.69) is 17.6 Å². The van der Waals surface area contributed by atoms with Gasteiger partial charge in [0, 0.05) is 24.7 Å². The number of carbonyl (C=O) groups is 1. The number of ether oxygens (including phenoxy) is 2. The molecule has 2 atom stereocenters. The predicted molar refractivity (Wildman–Crippen MR) is 86.9 cm³/mol. The van der Waals surface area contributed by atoms with Crippen LogP contribution >= 0.6 is 0 Å². The molecule has 1 amide bonds. The van der Waals surface area contributed by atoms with Gasteiger partial charge in [-0.05, 0) is 65.7 Å². The Morgan fingerprint density at radius 1 is 1.14 bits per heavy atom. The molecule has 0 bridgehead atoms. The molecule has 2 rings (SSSR count). The minimum atomic E-state index is -0.429. The lowest BCUT2D eigenvalue weighted by molar-refractivity contribution is 0.0488. The van der Waals surface area contributed by atoms with Crippen LogP contribution in [0.3, 0.4) is 0 Å². The van der Waals surface area contributed by atoms with E-state index in [9.17, 15) is 4.79 Å². The summed E-state index contributed by atoms with van der Waals surface area (Å²) < 4.78 is 10.8. The SMILES string of the molecule is CC(NC1CCC(NC(=O)OC(C)(C)C)CC1)C1CCOC1. The van der Waals surface area contributed by atoms with Gasteiger partial charge in [0.15, 0.2) is 0 Å². The number of hydrogen-bond donors (Lipinski definition) is 2. The van der Waals surface area contributed by atoms with Crippen LogP contribution in [0.2, 0.25) is 0 Å². The van der Waals surface area contributed by atoms with Gasteiger partial charge < -0.3 is 20.1 Å². The van der Waals surface area contributed by atoms with Crippen LogP contribution in [0.4, 0.5) is 4.79 Å². The molecule has 1 saturated carbocycles. The van der Waals surface area contributed by atoms with Crippen LogP contribution in [0.1, 0.15) is 59.8 Å². The third kappa shape index (κ3) is 5.76. The molecular weight excluding hydrogens is 280 g/mol. The normalized spacial score (nSPS) is 30.8. The molecule has 2 N–H and O–H groups in total. The average molecular weight is 312 g/mol. The van der Waals surface area contributed by atoms with Crippen molar-refractivity contribution < 1.29 is 14.3 Å². The minimum Gasteiger partial charge on any atom is -0.444 e. The van der Waals surface area contributed by atoms with Gasteiger partial charge >= 0.3 is 6.09 Å². The molecule has 0 radical (unpaired) electrons. The van der Waals surface area contributed by atoms with Crippen molar-refractivity contribution in [1.82, 2.24) is 10.6 Å². The third-order valence-electron chi connectivity index (χ3n) is 4.62. The third-order valence-corrected chi connectivity index (χ3v) is 4.62. The first-order valence-electron chi connectivity index (χ1n) is 8.67. The molecule has 2 fully saturated rings. The lowest BCUT2D eigenvalue weighted by Crippen LogP contribution is -2.47. The van der Waals surface area contributed by atoms with Crippen molar-refractivity contribution in [2.24, 2.45) is 5.92 Å². The molecular formula is C17H32N2O3. The van der Waals surface area contributed by atoms with Crippen LogP contribution in [-0.4, -0.2) is 43.0 Å². The molecule has 1 aliphatic carbocycles. The molecule has 0 aromatic heterocycles. The van der Waals surface area contributed by atoms with Crippen LogP contribution in [0.5, 0.6) is 0 Å². The van der Waals surface area contributed by atoms with E-state index in [-0.39, 0.29) is 12.1 Å². The summed E-state index contributed by atoms with van der Waals surface area (Å²) in [5.41, 5.74) is -0.429. The fourth-order valence-corrected chi connectivity index (χ4v) is 3.33. The van der Waals surface area contributed by atoms with Crippen molar-refractivity contribution in [3.05, 3.63) is 0 Å². The topological polar surface area (TPSA) is 59.6 Å². The first-order chi connectivity index (χ1) is 10.3. The van der Waals surface area contributed by atoms with Crippen molar-refractivity contribution >= 4 is 6.09 Å². The largest absolute Gasteiger partial charge is 0.444 e. The van der Waals surface area contributed by atoms with Crippen LogP contribution in [-0.2, 0) is 9.47 Å². The average Bonchev–Trinajstić information content (AvgIpc) is 2.92. The molecule has 22 heavy (non-hydrogen) atoms. The molecule has 0 aromatic rings. The number of hydrogen-bond acceptors (Lipinski definition) is 4. The number of nitrogens with one attached hydrogen (secondary N) is 2. The zero-order chi connectivity index (χ0) is 16.2. The molecule has 2 unspecified atom stereocenters. The van der Waals surface area contributed by atoms with E-state index in [4.69, 9.17) is 9.47 Å². The first kappa shape index (κ1) is 17.5. The monoisotopic (exact) mass is 312 g/mol. The number of rotatable bonds is 4. The van der Waals surface area contributed by atoms with Crippen LogP contribution in [0, 0.1) is 5.92 Å². The van der Waals surface area contributed by atoms with E-state index in [0.29, 0.717) is 18.0 Å². The Kier molecular flexibility index (Phi) is 6.09. The number of alkyl carbamates (subject to hydrolysis) is 1. The van der Waals surface area contributed by atoms with Crippen molar-refractivity contribution in [1.29, 1.82) is 0 Å². The smallest absolute Gasteiger partial charge is 0.407 e. The maximum Gasteiger partial charge on any atom is 0.407 e. The molecule has 0 aromatic carbocycles. The van der Waals surface area contributed by atoms with Crippen LogP contribution < -0.4 is 10.6 Å². The first-order valence-corrected chi connectivity index (χ1v) is 8.67. The highest BCUT2D eigenvalue weighted by atomic mass is 16.6. The summed E-state index contributed by atoms with van der Waals surface area (Å²) in [6.07, 6.45) is 5.14. The lowest BCUT2D eigenvalue weighted by atomic mass is 9.89. The molecule has 1 aliphatic heterocycles. The maximum absolute atomic E-state index is 11.8. The van der Waals surface area contributed by atoms with Gasteiger partial charge in [0.2, 0.25) is 0 Å². The fraction of sp³-hybridized carbons (Fsp3) is 0.941. The van der Waals surface area contributed by atoms with Crippen molar-refractivity contribution in [3.63, 3.8) is 0 Å². The van der Waals surface area contributed by atoms with Crippen molar-refractivity contribution in [2.75, 3.05) is 13.2 Å². The van der Waals surface area contributed by atoms with Crippen molar-refractivity contribution in [3.8, 4) is 0 Å². The Bertz CT molecular complexity index is 353.